The molecule has 1 aromatic heterocycles. The quantitative estimate of drug-likeness (QED) is 0.867. The number of likely N-dealkylation sites (N-methyl/N-ethyl adjacent to an activating group) is 1. The standard InChI is InChI=1S/C15H26N2OS/c1-4-16-14(12-13-6-5-11-19-13)15(2,3)17-7-9-18-10-8-17/h5-6,11,14,16H,4,7-10,12H2,1-3H3. The molecule has 0 aromatic carbocycles. The lowest BCUT2D eigenvalue weighted by molar-refractivity contribution is -0.0229. The van der Waals surface area contributed by atoms with Crippen LogP contribution in [0.2, 0.25) is 0 Å². The van der Waals surface area contributed by atoms with Crippen molar-refractivity contribution >= 4 is 11.3 Å². The highest BCUT2D eigenvalue weighted by molar-refractivity contribution is 7.09. The Morgan fingerprint density at radius 3 is 2.74 bits per heavy atom. The van der Waals surface area contributed by atoms with E-state index in [-0.39, 0.29) is 5.54 Å². The highest BCUT2D eigenvalue weighted by Crippen LogP contribution is 2.24. The van der Waals surface area contributed by atoms with E-state index >= 15 is 0 Å². The monoisotopic (exact) mass is 282 g/mol. The molecule has 19 heavy (non-hydrogen) atoms. The Balaban J connectivity index is 2.06. The van der Waals surface area contributed by atoms with Gasteiger partial charge in [0.05, 0.1) is 13.2 Å². The molecule has 0 radical (unpaired) electrons. The molecule has 1 aliphatic heterocycles. The lowest BCUT2D eigenvalue weighted by Crippen LogP contribution is -2.61. The minimum atomic E-state index is 0.157. The predicted molar refractivity (Wildman–Crippen MR) is 82.0 cm³/mol. The summed E-state index contributed by atoms with van der Waals surface area (Å²) < 4.78 is 5.48. The molecule has 1 aromatic rings. The van der Waals surface area contributed by atoms with Gasteiger partial charge in [-0.3, -0.25) is 4.90 Å². The Morgan fingerprint density at radius 2 is 2.16 bits per heavy atom. The van der Waals surface area contributed by atoms with E-state index in [0.717, 1.165) is 39.3 Å². The maximum absolute atomic E-state index is 5.48. The van der Waals surface area contributed by atoms with Gasteiger partial charge >= 0.3 is 0 Å². The van der Waals surface area contributed by atoms with Crippen LogP contribution in [0.3, 0.4) is 0 Å². The van der Waals surface area contributed by atoms with Crippen LogP contribution in [0.25, 0.3) is 0 Å². The van der Waals surface area contributed by atoms with Gasteiger partial charge in [0.25, 0.3) is 0 Å². The fraction of sp³-hybridized carbons (Fsp3) is 0.733. The average Bonchev–Trinajstić information content (AvgIpc) is 2.92. The van der Waals surface area contributed by atoms with Crippen molar-refractivity contribution in [1.29, 1.82) is 0 Å². The minimum absolute atomic E-state index is 0.157. The van der Waals surface area contributed by atoms with Gasteiger partial charge in [0.1, 0.15) is 0 Å². The number of nitrogens with zero attached hydrogens (tertiary/aromatic N) is 1. The summed E-state index contributed by atoms with van der Waals surface area (Å²) in [7, 11) is 0. The van der Waals surface area contributed by atoms with Gasteiger partial charge in [0.2, 0.25) is 0 Å². The van der Waals surface area contributed by atoms with Crippen molar-refractivity contribution in [2.45, 2.75) is 38.8 Å². The molecule has 0 spiro atoms. The minimum Gasteiger partial charge on any atom is -0.379 e. The van der Waals surface area contributed by atoms with E-state index in [9.17, 15) is 0 Å². The third kappa shape index (κ3) is 3.78. The van der Waals surface area contributed by atoms with E-state index in [0.29, 0.717) is 6.04 Å². The number of ether oxygens (including phenoxy) is 1. The molecule has 4 heteroatoms. The summed E-state index contributed by atoms with van der Waals surface area (Å²) >= 11 is 1.86. The largest absolute Gasteiger partial charge is 0.379 e. The lowest BCUT2D eigenvalue weighted by atomic mass is 9.89. The average molecular weight is 282 g/mol. The molecule has 108 valence electrons. The SMILES string of the molecule is CCNC(Cc1cccs1)C(C)(C)N1CCOCC1. The van der Waals surface area contributed by atoms with Crippen LogP contribution in [0.1, 0.15) is 25.6 Å². The molecule has 3 nitrogen and oxygen atoms in total. The number of thiophene rings is 1. The summed E-state index contributed by atoms with van der Waals surface area (Å²) in [6.45, 7) is 11.7. The van der Waals surface area contributed by atoms with Crippen molar-refractivity contribution in [1.82, 2.24) is 10.2 Å². The number of hydrogen-bond donors (Lipinski definition) is 1. The van der Waals surface area contributed by atoms with Gasteiger partial charge in [-0.05, 0) is 38.3 Å². The Labute approximate surface area is 121 Å². The van der Waals surface area contributed by atoms with Crippen LogP contribution in [0, 0.1) is 0 Å². The van der Waals surface area contributed by atoms with Crippen LogP contribution in [-0.2, 0) is 11.2 Å². The van der Waals surface area contributed by atoms with Gasteiger partial charge in [-0.25, -0.2) is 0 Å². The number of morpholine rings is 1. The fourth-order valence-corrected chi connectivity index (χ4v) is 3.56. The Morgan fingerprint density at radius 1 is 1.42 bits per heavy atom. The van der Waals surface area contributed by atoms with Crippen LogP contribution in [0.5, 0.6) is 0 Å². The molecule has 1 saturated heterocycles. The zero-order valence-electron chi connectivity index (χ0n) is 12.3. The maximum Gasteiger partial charge on any atom is 0.0594 e. The van der Waals surface area contributed by atoms with Crippen molar-refractivity contribution in [2.75, 3.05) is 32.8 Å². The second-order valence-electron chi connectivity index (χ2n) is 5.65. The van der Waals surface area contributed by atoms with Crippen LogP contribution in [0.4, 0.5) is 0 Å². The summed E-state index contributed by atoms with van der Waals surface area (Å²) in [6.07, 6.45) is 1.11. The molecule has 1 N–H and O–H groups in total. The highest BCUT2D eigenvalue weighted by atomic mass is 32.1. The van der Waals surface area contributed by atoms with Gasteiger partial charge in [-0.15, -0.1) is 11.3 Å². The van der Waals surface area contributed by atoms with E-state index in [1.54, 1.807) is 0 Å². The van der Waals surface area contributed by atoms with Gasteiger partial charge in [0, 0.05) is 29.5 Å². The summed E-state index contributed by atoms with van der Waals surface area (Å²) in [4.78, 5) is 4.03. The summed E-state index contributed by atoms with van der Waals surface area (Å²) in [5.74, 6) is 0. The molecule has 2 heterocycles. The summed E-state index contributed by atoms with van der Waals surface area (Å²) in [5.41, 5.74) is 0.157. The van der Waals surface area contributed by atoms with Crippen molar-refractivity contribution in [3.05, 3.63) is 22.4 Å². The maximum atomic E-state index is 5.48. The van der Waals surface area contributed by atoms with Crippen molar-refractivity contribution in [2.24, 2.45) is 0 Å². The first kappa shape index (κ1) is 15.0. The van der Waals surface area contributed by atoms with Crippen LogP contribution in [0.15, 0.2) is 17.5 Å². The Bertz CT molecular complexity index is 358. The third-order valence-electron chi connectivity index (χ3n) is 4.11. The third-order valence-corrected chi connectivity index (χ3v) is 5.01. The van der Waals surface area contributed by atoms with E-state index in [1.165, 1.54) is 4.88 Å². The van der Waals surface area contributed by atoms with Gasteiger partial charge in [-0.2, -0.15) is 0 Å². The second-order valence-corrected chi connectivity index (χ2v) is 6.68. The summed E-state index contributed by atoms with van der Waals surface area (Å²) in [5, 5.41) is 5.85. The first-order valence-corrected chi connectivity index (χ1v) is 8.11. The molecule has 0 aliphatic carbocycles. The first-order chi connectivity index (χ1) is 9.14. The van der Waals surface area contributed by atoms with E-state index < -0.39 is 0 Å². The lowest BCUT2D eigenvalue weighted by Gasteiger charge is -2.46. The van der Waals surface area contributed by atoms with Crippen molar-refractivity contribution in [3.8, 4) is 0 Å². The number of nitrogens with one attached hydrogen (secondary N) is 1. The number of rotatable bonds is 6. The molecule has 0 amide bonds. The van der Waals surface area contributed by atoms with Crippen LogP contribution < -0.4 is 5.32 Å². The van der Waals surface area contributed by atoms with Crippen molar-refractivity contribution < 1.29 is 4.74 Å². The Hall–Kier alpha value is -0.420. The zero-order chi connectivity index (χ0) is 13.7. The normalized spacial score (nSPS) is 19.5. The first-order valence-electron chi connectivity index (χ1n) is 7.23. The predicted octanol–water partition coefficient (Wildman–Crippen LogP) is 2.38. The molecule has 1 atom stereocenters. The van der Waals surface area contributed by atoms with Crippen LogP contribution in [-0.4, -0.2) is 49.3 Å². The molecule has 1 fully saturated rings. The zero-order valence-corrected chi connectivity index (χ0v) is 13.1. The molecule has 0 saturated carbocycles. The topological polar surface area (TPSA) is 24.5 Å². The molecular formula is C15H26N2OS. The Kier molecular flexibility index (Phi) is 5.39. The van der Waals surface area contributed by atoms with Gasteiger partial charge < -0.3 is 10.1 Å². The smallest absolute Gasteiger partial charge is 0.0594 e. The molecule has 1 aliphatic rings. The summed E-state index contributed by atoms with van der Waals surface area (Å²) in [6, 6.07) is 4.86. The number of hydrogen-bond acceptors (Lipinski definition) is 4. The molecule has 2 rings (SSSR count). The fourth-order valence-electron chi connectivity index (χ4n) is 2.81. The molecule has 1 unspecified atom stereocenters. The van der Waals surface area contributed by atoms with Gasteiger partial charge in [0.15, 0.2) is 0 Å². The highest BCUT2D eigenvalue weighted by Gasteiger charge is 2.35. The molecule has 0 bridgehead atoms. The van der Waals surface area contributed by atoms with Crippen LogP contribution >= 0.6 is 11.3 Å². The van der Waals surface area contributed by atoms with E-state index in [4.69, 9.17) is 4.74 Å². The van der Waals surface area contributed by atoms with Gasteiger partial charge in [-0.1, -0.05) is 13.0 Å². The molecular weight excluding hydrogens is 256 g/mol. The van der Waals surface area contributed by atoms with E-state index in [2.05, 4.69) is 48.5 Å². The van der Waals surface area contributed by atoms with E-state index in [1.807, 2.05) is 11.3 Å². The second kappa shape index (κ2) is 6.84. The van der Waals surface area contributed by atoms with Crippen molar-refractivity contribution in [3.63, 3.8) is 0 Å².